The zero-order valence-corrected chi connectivity index (χ0v) is 15.6. The number of hydrogen-bond donors (Lipinski definition) is 1. The molecule has 0 saturated carbocycles. The van der Waals surface area contributed by atoms with E-state index < -0.39 is 0 Å². The van der Waals surface area contributed by atoms with E-state index in [9.17, 15) is 4.79 Å². The Morgan fingerprint density at radius 2 is 1.96 bits per heavy atom. The van der Waals surface area contributed by atoms with Crippen LogP contribution in [0.4, 0.5) is 10.5 Å². The van der Waals surface area contributed by atoms with Crippen molar-refractivity contribution in [1.82, 2.24) is 19.4 Å². The first-order valence-corrected chi connectivity index (χ1v) is 9.41. The molecular weight excluding hydrogens is 346 g/mol. The number of ether oxygens (including phenoxy) is 2. The van der Waals surface area contributed by atoms with Gasteiger partial charge in [0.2, 0.25) is 6.79 Å². The average Bonchev–Trinajstić information content (AvgIpc) is 3.35. The van der Waals surface area contributed by atoms with Crippen LogP contribution in [0.25, 0.3) is 0 Å². The van der Waals surface area contributed by atoms with Gasteiger partial charge in [-0.05, 0) is 12.1 Å². The Kier molecular flexibility index (Phi) is 5.15. The summed E-state index contributed by atoms with van der Waals surface area (Å²) >= 11 is 0. The number of fused-ring (bicyclic) bond motifs is 1. The lowest BCUT2D eigenvalue weighted by Crippen LogP contribution is -2.50. The highest BCUT2D eigenvalue weighted by molar-refractivity contribution is 5.89. The van der Waals surface area contributed by atoms with E-state index in [2.05, 4.69) is 26.7 Å². The minimum atomic E-state index is -0.0728. The standard InChI is InChI=1S/C19H25N5O3/c1-2-18-20-5-6-23(18)10-7-22-8-11-24(12-9-22)19(25)21-15-3-4-16-17(13-15)27-14-26-16/h3-6,13H,2,7-12,14H2,1H3,(H,21,25). The van der Waals surface area contributed by atoms with Crippen LogP contribution in [0.15, 0.2) is 30.6 Å². The molecular formula is C19H25N5O3. The molecule has 144 valence electrons. The van der Waals surface area contributed by atoms with Crippen molar-refractivity contribution in [2.24, 2.45) is 0 Å². The maximum atomic E-state index is 12.5. The van der Waals surface area contributed by atoms with Gasteiger partial charge in [0.25, 0.3) is 0 Å². The molecule has 2 amide bonds. The summed E-state index contributed by atoms with van der Waals surface area (Å²) in [6, 6.07) is 5.37. The number of imidazole rings is 1. The number of piperazine rings is 1. The molecule has 0 bridgehead atoms. The molecule has 2 aromatic rings. The molecule has 1 aromatic carbocycles. The van der Waals surface area contributed by atoms with Crippen LogP contribution in [-0.4, -0.2) is 64.9 Å². The Labute approximate surface area is 158 Å². The maximum Gasteiger partial charge on any atom is 0.321 e. The molecule has 0 aliphatic carbocycles. The van der Waals surface area contributed by atoms with Crippen molar-refractivity contribution in [3.63, 3.8) is 0 Å². The summed E-state index contributed by atoms with van der Waals surface area (Å²) in [6.07, 6.45) is 4.84. The van der Waals surface area contributed by atoms with Crippen molar-refractivity contribution in [3.8, 4) is 11.5 Å². The van der Waals surface area contributed by atoms with E-state index in [1.54, 1.807) is 6.07 Å². The monoisotopic (exact) mass is 371 g/mol. The summed E-state index contributed by atoms with van der Waals surface area (Å²) in [5.41, 5.74) is 0.721. The topological polar surface area (TPSA) is 71.9 Å². The normalized spacial score (nSPS) is 16.6. The van der Waals surface area contributed by atoms with Gasteiger partial charge in [0.05, 0.1) is 0 Å². The number of urea groups is 1. The summed E-state index contributed by atoms with van der Waals surface area (Å²) in [5.74, 6) is 2.51. The number of rotatable bonds is 5. The number of nitrogens with zero attached hydrogens (tertiary/aromatic N) is 4. The second kappa shape index (κ2) is 7.87. The number of amides is 2. The van der Waals surface area contributed by atoms with Crippen molar-refractivity contribution in [3.05, 3.63) is 36.4 Å². The smallest absolute Gasteiger partial charge is 0.321 e. The minimum Gasteiger partial charge on any atom is -0.454 e. The van der Waals surface area contributed by atoms with Crippen molar-refractivity contribution in [1.29, 1.82) is 0 Å². The van der Waals surface area contributed by atoms with Crippen LogP contribution in [0.5, 0.6) is 11.5 Å². The summed E-state index contributed by atoms with van der Waals surface area (Å²) in [6.45, 7) is 7.47. The van der Waals surface area contributed by atoms with E-state index in [4.69, 9.17) is 9.47 Å². The molecule has 1 fully saturated rings. The van der Waals surface area contributed by atoms with Crippen LogP contribution < -0.4 is 14.8 Å². The molecule has 0 atom stereocenters. The van der Waals surface area contributed by atoms with Gasteiger partial charge in [-0.2, -0.15) is 0 Å². The van der Waals surface area contributed by atoms with E-state index in [1.807, 2.05) is 29.4 Å². The highest BCUT2D eigenvalue weighted by Crippen LogP contribution is 2.34. The number of anilines is 1. The second-order valence-electron chi connectivity index (χ2n) is 6.72. The Hall–Kier alpha value is -2.74. The van der Waals surface area contributed by atoms with Crippen LogP contribution in [0.1, 0.15) is 12.7 Å². The lowest BCUT2D eigenvalue weighted by Gasteiger charge is -2.34. The lowest BCUT2D eigenvalue weighted by atomic mass is 10.2. The Morgan fingerprint density at radius 1 is 1.15 bits per heavy atom. The number of carbonyl (C=O) groups excluding carboxylic acids is 1. The Bertz CT molecular complexity index is 798. The number of aryl methyl sites for hydroxylation is 1. The number of carbonyl (C=O) groups is 1. The molecule has 2 aliphatic rings. The van der Waals surface area contributed by atoms with Gasteiger partial charge in [-0.25, -0.2) is 9.78 Å². The molecule has 0 unspecified atom stereocenters. The average molecular weight is 371 g/mol. The Morgan fingerprint density at radius 3 is 2.78 bits per heavy atom. The molecule has 1 aromatic heterocycles. The molecule has 8 nitrogen and oxygen atoms in total. The fourth-order valence-corrected chi connectivity index (χ4v) is 3.46. The predicted octanol–water partition coefficient (Wildman–Crippen LogP) is 2.02. The van der Waals surface area contributed by atoms with Gasteiger partial charge in [0.15, 0.2) is 11.5 Å². The fraction of sp³-hybridized carbons (Fsp3) is 0.474. The maximum absolute atomic E-state index is 12.5. The zero-order chi connectivity index (χ0) is 18.6. The summed E-state index contributed by atoms with van der Waals surface area (Å²) < 4.78 is 12.9. The molecule has 0 spiro atoms. The van der Waals surface area contributed by atoms with E-state index >= 15 is 0 Å². The van der Waals surface area contributed by atoms with Gasteiger partial charge in [-0.15, -0.1) is 0 Å². The van der Waals surface area contributed by atoms with Gasteiger partial charge in [0, 0.05) is 69.8 Å². The van der Waals surface area contributed by atoms with Crippen molar-refractivity contribution >= 4 is 11.7 Å². The molecule has 8 heteroatoms. The predicted molar refractivity (Wildman–Crippen MR) is 101 cm³/mol. The van der Waals surface area contributed by atoms with Crippen molar-refractivity contribution < 1.29 is 14.3 Å². The number of nitrogens with one attached hydrogen (secondary N) is 1. The Balaban J connectivity index is 1.24. The lowest BCUT2D eigenvalue weighted by molar-refractivity contribution is 0.144. The molecule has 4 rings (SSSR count). The molecule has 27 heavy (non-hydrogen) atoms. The molecule has 1 saturated heterocycles. The van der Waals surface area contributed by atoms with Gasteiger partial charge in [-0.3, -0.25) is 4.90 Å². The van der Waals surface area contributed by atoms with Crippen molar-refractivity contribution in [2.45, 2.75) is 19.9 Å². The van der Waals surface area contributed by atoms with E-state index in [-0.39, 0.29) is 12.8 Å². The third kappa shape index (κ3) is 4.00. The van der Waals surface area contributed by atoms with Crippen molar-refractivity contribution in [2.75, 3.05) is 44.8 Å². The van der Waals surface area contributed by atoms with Crippen LogP contribution in [-0.2, 0) is 13.0 Å². The van der Waals surface area contributed by atoms with E-state index in [0.717, 1.165) is 57.2 Å². The highest BCUT2D eigenvalue weighted by Gasteiger charge is 2.22. The first kappa shape index (κ1) is 17.7. The van der Waals surface area contributed by atoms with Gasteiger partial charge in [0.1, 0.15) is 5.82 Å². The minimum absolute atomic E-state index is 0.0728. The SMILES string of the molecule is CCc1nccn1CCN1CCN(C(=O)Nc2ccc3c(c2)OCO3)CC1. The number of aromatic nitrogens is 2. The van der Waals surface area contributed by atoms with Gasteiger partial charge >= 0.3 is 6.03 Å². The molecule has 1 N–H and O–H groups in total. The molecule has 3 heterocycles. The quantitative estimate of drug-likeness (QED) is 0.871. The van der Waals surface area contributed by atoms with Crippen LogP contribution in [0, 0.1) is 0 Å². The first-order valence-electron chi connectivity index (χ1n) is 9.41. The zero-order valence-electron chi connectivity index (χ0n) is 15.6. The largest absolute Gasteiger partial charge is 0.454 e. The van der Waals surface area contributed by atoms with Crippen LogP contribution >= 0.6 is 0 Å². The summed E-state index contributed by atoms with van der Waals surface area (Å²) in [5, 5.41) is 2.95. The number of hydrogen-bond acceptors (Lipinski definition) is 5. The second-order valence-corrected chi connectivity index (χ2v) is 6.72. The fourth-order valence-electron chi connectivity index (χ4n) is 3.46. The third-order valence-corrected chi connectivity index (χ3v) is 5.06. The number of benzene rings is 1. The first-order chi connectivity index (χ1) is 13.2. The summed E-state index contributed by atoms with van der Waals surface area (Å²) in [4.78, 5) is 21.1. The van der Waals surface area contributed by atoms with E-state index in [0.29, 0.717) is 11.5 Å². The van der Waals surface area contributed by atoms with Crippen LogP contribution in [0.2, 0.25) is 0 Å². The van der Waals surface area contributed by atoms with Gasteiger partial charge in [-0.1, -0.05) is 6.92 Å². The molecule has 0 radical (unpaired) electrons. The van der Waals surface area contributed by atoms with Crippen LogP contribution in [0.3, 0.4) is 0 Å². The van der Waals surface area contributed by atoms with Gasteiger partial charge < -0.3 is 24.3 Å². The summed E-state index contributed by atoms with van der Waals surface area (Å²) in [7, 11) is 0. The molecule has 2 aliphatic heterocycles. The van der Waals surface area contributed by atoms with E-state index in [1.165, 1.54) is 0 Å². The highest BCUT2D eigenvalue weighted by atomic mass is 16.7. The third-order valence-electron chi connectivity index (χ3n) is 5.06.